The number of benzene rings is 2. The molecule has 7 nitrogen and oxygen atoms in total. The van der Waals surface area contributed by atoms with Crippen LogP contribution < -0.4 is 15.2 Å². The first-order valence-corrected chi connectivity index (χ1v) is 7.86. The summed E-state index contributed by atoms with van der Waals surface area (Å²) < 4.78 is 50.1. The molecule has 23 heavy (non-hydrogen) atoms. The topological polar surface area (TPSA) is 101 Å². The van der Waals surface area contributed by atoms with Gasteiger partial charge < -0.3 is 9.15 Å². The van der Waals surface area contributed by atoms with Crippen molar-refractivity contribution in [2.45, 2.75) is 4.90 Å². The fourth-order valence-electron chi connectivity index (χ4n) is 2.04. The summed E-state index contributed by atoms with van der Waals surface area (Å²) in [5.41, 5.74) is 0.843. The molecule has 2 N–H and O–H groups in total. The fourth-order valence-corrected chi connectivity index (χ4v) is 3.10. The molecule has 0 unspecified atom stereocenters. The summed E-state index contributed by atoms with van der Waals surface area (Å²) >= 11 is 0. The first-order valence-electron chi connectivity index (χ1n) is 6.38. The Morgan fingerprint density at radius 1 is 1.22 bits per heavy atom. The molecule has 3 aromatic rings. The molecule has 0 atom stereocenters. The number of methoxy groups -OCH3 is 1. The van der Waals surface area contributed by atoms with Gasteiger partial charge in [-0.25, -0.2) is 17.6 Å². The van der Waals surface area contributed by atoms with Gasteiger partial charge in [0.15, 0.2) is 17.1 Å². The first kappa shape index (κ1) is 15.1. The Kier molecular flexibility index (Phi) is 3.57. The van der Waals surface area contributed by atoms with Crippen LogP contribution in [0, 0.1) is 5.82 Å². The highest BCUT2D eigenvalue weighted by atomic mass is 32.2. The van der Waals surface area contributed by atoms with Crippen LogP contribution in [0.25, 0.3) is 11.1 Å². The molecular weight excluding hydrogens is 327 g/mol. The molecule has 0 amide bonds. The van der Waals surface area contributed by atoms with Crippen molar-refractivity contribution in [3.63, 3.8) is 0 Å². The van der Waals surface area contributed by atoms with E-state index in [1.54, 1.807) is 0 Å². The largest absolute Gasteiger partial charge is 0.494 e. The summed E-state index contributed by atoms with van der Waals surface area (Å²) in [7, 11) is -2.71. The second-order valence-corrected chi connectivity index (χ2v) is 6.31. The number of oxazole rings is 1. The summed E-state index contributed by atoms with van der Waals surface area (Å²) in [5.74, 6) is -1.48. The van der Waals surface area contributed by atoms with Gasteiger partial charge in [-0.1, -0.05) is 0 Å². The number of nitrogens with one attached hydrogen (secondary N) is 2. The third kappa shape index (κ3) is 2.90. The number of fused-ring (bicyclic) bond motifs is 1. The number of ether oxygens (including phenoxy) is 1. The van der Waals surface area contributed by atoms with Crippen LogP contribution in [0.1, 0.15) is 0 Å². The predicted octanol–water partition coefficient (Wildman–Crippen LogP) is 2.07. The van der Waals surface area contributed by atoms with Crippen LogP contribution in [0.15, 0.2) is 50.5 Å². The van der Waals surface area contributed by atoms with E-state index in [1.165, 1.54) is 37.4 Å². The molecule has 0 fully saturated rings. The number of aromatic amines is 1. The molecule has 0 saturated carbocycles. The average molecular weight is 338 g/mol. The molecule has 9 heteroatoms. The van der Waals surface area contributed by atoms with Crippen molar-refractivity contribution < 1.29 is 22.0 Å². The smallest absolute Gasteiger partial charge is 0.417 e. The van der Waals surface area contributed by atoms with E-state index in [2.05, 4.69) is 9.71 Å². The van der Waals surface area contributed by atoms with Gasteiger partial charge in [-0.15, -0.1) is 0 Å². The van der Waals surface area contributed by atoms with E-state index in [0.717, 1.165) is 6.07 Å². The number of rotatable bonds is 4. The van der Waals surface area contributed by atoms with E-state index in [-0.39, 0.29) is 16.3 Å². The van der Waals surface area contributed by atoms with Crippen molar-refractivity contribution in [1.82, 2.24) is 4.98 Å². The van der Waals surface area contributed by atoms with E-state index in [1.807, 2.05) is 0 Å². The maximum absolute atomic E-state index is 13.7. The van der Waals surface area contributed by atoms with Gasteiger partial charge in [-0.05, 0) is 36.4 Å². The number of aromatic nitrogens is 1. The van der Waals surface area contributed by atoms with E-state index in [9.17, 15) is 17.6 Å². The minimum absolute atomic E-state index is 0.0543. The minimum Gasteiger partial charge on any atom is -0.494 e. The van der Waals surface area contributed by atoms with Crippen LogP contribution in [0.4, 0.5) is 10.1 Å². The molecule has 0 bridgehead atoms. The van der Waals surface area contributed by atoms with Crippen LogP contribution in [-0.2, 0) is 10.0 Å². The summed E-state index contributed by atoms with van der Waals surface area (Å²) in [6.45, 7) is 0. The number of halogens is 1. The summed E-state index contributed by atoms with van der Waals surface area (Å²) in [6.07, 6.45) is 0. The van der Waals surface area contributed by atoms with E-state index in [0.29, 0.717) is 11.1 Å². The monoisotopic (exact) mass is 338 g/mol. The van der Waals surface area contributed by atoms with Crippen molar-refractivity contribution in [2.75, 3.05) is 11.8 Å². The first-order chi connectivity index (χ1) is 10.9. The van der Waals surface area contributed by atoms with Gasteiger partial charge in [0.2, 0.25) is 0 Å². The molecule has 2 aromatic carbocycles. The fraction of sp³-hybridized carbons (Fsp3) is 0.0714. The lowest BCUT2D eigenvalue weighted by molar-refractivity contribution is 0.385. The number of anilines is 1. The average Bonchev–Trinajstić information content (AvgIpc) is 2.86. The zero-order valence-electron chi connectivity index (χ0n) is 11.8. The lowest BCUT2D eigenvalue weighted by atomic mass is 10.3. The summed E-state index contributed by atoms with van der Waals surface area (Å²) in [4.78, 5) is 13.3. The third-order valence-corrected chi connectivity index (χ3v) is 4.48. The second kappa shape index (κ2) is 5.43. The lowest BCUT2D eigenvalue weighted by Gasteiger charge is -2.09. The van der Waals surface area contributed by atoms with Crippen LogP contribution in [0.5, 0.6) is 5.75 Å². The van der Waals surface area contributed by atoms with Gasteiger partial charge >= 0.3 is 5.76 Å². The molecule has 0 aliphatic heterocycles. The molecule has 0 spiro atoms. The van der Waals surface area contributed by atoms with Gasteiger partial charge in [-0.3, -0.25) is 9.71 Å². The van der Waals surface area contributed by atoms with Crippen molar-refractivity contribution in [2.24, 2.45) is 0 Å². The summed E-state index contributed by atoms with van der Waals surface area (Å²) in [5, 5.41) is 0. The zero-order chi connectivity index (χ0) is 16.6. The molecule has 1 aromatic heterocycles. The lowest BCUT2D eigenvalue weighted by Crippen LogP contribution is -2.13. The molecule has 0 radical (unpaired) electrons. The Labute approximate surface area is 129 Å². The minimum atomic E-state index is -3.99. The highest BCUT2D eigenvalue weighted by Crippen LogP contribution is 2.23. The Balaban J connectivity index is 1.95. The molecule has 120 valence electrons. The Morgan fingerprint density at radius 2 is 2.00 bits per heavy atom. The van der Waals surface area contributed by atoms with E-state index in [4.69, 9.17) is 9.15 Å². The van der Waals surface area contributed by atoms with Gasteiger partial charge in [0.25, 0.3) is 10.0 Å². The maximum atomic E-state index is 13.7. The molecular formula is C14H11FN2O5S. The molecule has 0 aliphatic carbocycles. The molecule has 3 rings (SSSR count). The zero-order valence-corrected chi connectivity index (χ0v) is 12.6. The normalized spacial score (nSPS) is 11.6. The number of sulfonamides is 1. The van der Waals surface area contributed by atoms with Crippen LogP contribution in [-0.4, -0.2) is 20.5 Å². The van der Waals surface area contributed by atoms with Gasteiger partial charge in [0.1, 0.15) is 0 Å². The van der Waals surface area contributed by atoms with Gasteiger partial charge in [0, 0.05) is 0 Å². The quantitative estimate of drug-likeness (QED) is 0.758. The maximum Gasteiger partial charge on any atom is 0.417 e. The standard InChI is InChI=1S/C14H11FN2O5S/c1-21-12-5-3-9(7-10(12)15)23(19,20)17-8-2-4-13-11(6-8)16-14(18)22-13/h2-7,17H,1H3,(H,16,18). The molecule has 1 heterocycles. The van der Waals surface area contributed by atoms with Crippen LogP contribution >= 0.6 is 0 Å². The second-order valence-electron chi connectivity index (χ2n) is 4.63. The third-order valence-electron chi connectivity index (χ3n) is 3.10. The summed E-state index contributed by atoms with van der Waals surface area (Å²) in [6, 6.07) is 7.58. The van der Waals surface area contributed by atoms with Gasteiger partial charge in [-0.2, -0.15) is 0 Å². The Morgan fingerprint density at radius 3 is 2.70 bits per heavy atom. The Bertz CT molecular complexity index is 1040. The van der Waals surface area contributed by atoms with E-state index < -0.39 is 21.6 Å². The van der Waals surface area contributed by atoms with Crippen molar-refractivity contribution in [3.05, 3.63) is 52.8 Å². The van der Waals surface area contributed by atoms with Crippen molar-refractivity contribution in [1.29, 1.82) is 0 Å². The van der Waals surface area contributed by atoms with E-state index >= 15 is 0 Å². The van der Waals surface area contributed by atoms with Crippen LogP contribution in [0.2, 0.25) is 0 Å². The highest BCUT2D eigenvalue weighted by molar-refractivity contribution is 7.92. The molecule has 0 saturated heterocycles. The van der Waals surface area contributed by atoms with Gasteiger partial charge in [0.05, 0.1) is 23.2 Å². The van der Waals surface area contributed by atoms with Crippen molar-refractivity contribution in [3.8, 4) is 5.75 Å². The molecule has 0 aliphatic rings. The van der Waals surface area contributed by atoms with Crippen molar-refractivity contribution >= 4 is 26.8 Å². The Hall–Kier alpha value is -2.81. The SMILES string of the molecule is COc1ccc(S(=O)(=O)Nc2ccc3oc(=O)[nH]c3c2)cc1F. The highest BCUT2D eigenvalue weighted by Gasteiger charge is 2.17. The number of H-pyrrole nitrogens is 1. The number of hydrogen-bond donors (Lipinski definition) is 2. The van der Waals surface area contributed by atoms with Crippen LogP contribution in [0.3, 0.4) is 0 Å². The number of hydrogen-bond acceptors (Lipinski definition) is 5. The predicted molar refractivity (Wildman–Crippen MR) is 80.6 cm³/mol.